The van der Waals surface area contributed by atoms with E-state index < -0.39 is 5.97 Å². The Labute approximate surface area is 155 Å². The topological polar surface area (TPSA) is 72.2 Å². The average Bonchev–Trinajstić information content (AvgIpc) is 3.10. The van der Waals surface area contributed by atoms with Crippen LogP contribution in [0.3, 0.4) is 0 Å². The van der Waals surface area contributed by atoms with E-state index in [1.807, 2.05) is 12.1 Å². The van der Waals surface area contributed by atoms with Gasteiger partial charge < -0.3 is 5.11 Å². The third-order valence-electron chi connectivity index (χ3n) is 2.92. The fourth-order valence-corrected chi connectivity index (χ4v) is 2.24. The Bertz CT molecular complexity index is 814. The van der Waals surface area contributed by atoms with Crippen molar-refractivity contribution in [3.63, 3.8) is 0 Å². The van der Waals surface area contributed by atoms with Crippen LogP contribution in [0.4, 0.5) is 0 Å². The van der Waals surface area contributed by atoms with Gasteiger partial charge in [0.05, 0.1) is 5.56 Å². The molecule has 0 aliphatic heterocycles. The number of hydrogen-bond acceptors (Lipinski definition) is 3. The van der Waals surface area contributed by atoms with E-state index in [2.05, 4.69) is 36.8 Å². The van der Waals surface area contributed by atoms with E-state index in [1.54, 1.807) is 48.8 Å². The summed E-state index contributed by atoms with van der Waals surface area (Å²) >= 11 is 6.51. The first kappa shape index (κ1) is 18.1. The number of aromatic carboxylic acids is 1. The molecule has 7 heteroatoms. The van der Waals surface area contributed by atoms with Crippen LogP contribution in [-0.2, 0) is 0 Å². The Morgan fingerprint density at radius 3 is 1.79 bits per heavy atom. The van der Waals surface area contributed by atoms with Gasteiger partial charge >= 0.3 is 5.97 Å². The highest BCUT2D eigenvalue weighted by Crippen LogP contribution is 2.11. The van der Waals surface area contributed by atoms with Crippen LogP contribution in [0.15, 0.2) is 76.2 Å². The van der Waals surface area contributed by atoms with Crippen molar-refractivity contribution in [3.05, 3.63) is 87.3 Å². The van der Waals surface area contributed by atoms with Crippen LogP contribution in [0, 0.1) is 0 Å². The average molecular weight is 452 g/mol. The molecule has 0 aliphatic carbocycles. The number of carbonyl (C=O) groups excluding carboxylic acids is 1. The van der Waals surface area contributed by atoms with Gasteiger partial charge in [-0.25, -0.2) is 9.78 Å². The first-order valence-electron chi connectivity index (χ1n) is 6.74. The van der Waals surface area contributed by atoms with Gasteiger partial charge in [-0.2, -0.15) is 0 Å². The largest absolute Gasteiger partial charge is 0.478 e. The first-order chi connectivity index (χ1) is 11.5. The predicted molar refractivity (Wildman–Crippen MR) is 97.2 cm³/mol. The molecular weight excluding hydrogens is 440 g/mol. The van der Waals surface area contributed by atoms with Gasteiger partial charge in [0.2, 0.25) is 0 Å². The molecule has 0 amide bonds. The summed E-state index contributed by atoms with van der Waals surface area (Å²) in [5.74, 6) is -0.970. The molecule has 1 heterocycles. The molecule has 2 aromatic carbocycles. The summed E-state index contributed by atoms with van der Waals surface area (Å²) in [5.41, 5.74) is 0.953. The maximum Gasteiger partial charge on any atom is 0.335 e. The summed E-state index contributed by atoms with van der Waals surface area (Å²) in [5, 5.41) is 8.46. The number of hydrogen-bond donors (Lipinski definition) is 1. The second kappa shape index (κ2) is 8.56. The van der Waals surface area contributed by atoms with Crippen molar-refractivity contribution in [2.45, 2.75) is 0 Å². The summed E-state index contributed by atoms with van der Waals surface area (Å²) in [7, 11) is 0. The number of imidazole rings is 1. The van der Waals surface area contributed by atoms with Crippen LogP contribution in [0.2, 0.25) is 0 Å². The van der Waals surface area contributed by atoms with Crippen molar-refractivity contribution in [1.82, 2.24) is 9.55 Å². The SMILES string of the molecule is O=C(O)c1ccc(Br)cc1.O=C(c1ccc(Br)cc1)n1ccnc1. The van der Waals surface area contributed by atoms with Crippen LogP contribution in [0.1, 0.15) is 20.7 Å². The zero-order valence-electron chi connectivity index (χ0n) is 12.3. The third-order valence-corrected chi connectivity index (χ3v) is 3.98. The molecular formula is C17H12Br2N2O3. The minimum absolute atomic E-state index is 0.0741. The summed E-state index contributed by atoms with van der Waals surface area (Å²) in [4.78, 5) is 25.8. The molecule has 3 rings (SSSR count). The Morgan fingerprint density at radius 2 is 1.38 bits per heavy atom. The monoisotopic (exact) mass is 450 g/mol. The van der Waals surface area contributed by atoms with Crippen molar-refractivity contribution in [2.75, 3.05) is 0 Å². The fraction of sp³-hybridized carbons (Fsp3) is 0. The summed E-state index contributed by atoms with van der Waals surface area (Å²) in [6, 6.07) is 13.7. The van der Waals surface area contributed by atoms with Gasteiger partial charge in [-0.3, -0.25) is 9.36 Å². The molecule has 0 radical (unpaired) electrons. The van der Waals surface area contributed by atoms with E-state index in [0.717, 1.165) is 8.95 Å². The Hall–Kier alpha value is -2.25. The molecule has 0 unspecified atom stereocenters. The highest BCUT2D eigenvalue weighted by Gasteiger charge is 2.06. The lowest BCUT2D eigenvalue weighted by molar-refractivity contribution is 0.0696. The van der Waals surface area contributed by atoms with Gasteiger partial charge in [-0.05, 0) is 48.5 Å². The molecule has 1 aromatic heterocycles. The van der Waals surface area contributed by atoms with Crippen LogP contribution < -0.4 is 0 Å². The van der Waals surface area contributed by atoms with Crippen LogP contribution in [0.25, 0.3) is 0 Å². The minimum Gasteiger partial charge on any atom is -0.478 e. The molecule has 0 atom stereocenters. The molecule has 0 saturated carbocycles. The molecule has 0 bridgehead atoms. The van der Waals surface area contributed by atoms with E-state index in [0.29, 0.717) is 11.1 Å². The second-order valence-electron chi connectivity index (χ2n) is 4.59. The molecule has 0 saturated heterocycles. The highest BCUT2D eigenvalue weighted by atomic mass is 79.9. The lowest BCUT2D eigenvalue weighted by atomic mass is 10.2. The predicted octanol–water partition coefficient (Wildman–Crippen LogP) is 4.48. The summed E-state index contributed by atoms with van der Waals surface area (Å²) < 4.78 is 3.29. The first-order valence-corrected chi connectivity index (χ1v) is 8.33. The van der Waals surface area contributed by atoms with Gasteiger partial charge in [0.25, 0.3) is 5.91 Å². The summed E-state index contributed by atoms with van der Waals surface area (Å²) in [6.07, 6.45) is 4.70. The third kappa shape index (κ3) is 5.14. The zero-order valence-corrected chi connectivity index (χ0v) is 15.4. The number of halogens is 2. The maximum absolute atomic E-state index is 11.7. The van der Waals surface area contributed by atoms with Crippen molar-refractivity contribution in [3.8, 4) is 0 Å². The normalized spacial score (nSPS) is 9.75. The van der Waals surface area contributed by atoms with E-state index >= 15 is 0 Å². The van der Waals surface area contributed by atoms with Gasteiger partial charge in [-0.1, -0.05) is 31.9 Å². The van der Waals surface area contributed by atoms with E-state index in [-0.39, 0.29) is 5.91 Å². The number of carboxylic acid groups (broad SMARTS) is 1. The number of rotatable bonds is 2. The van der Waals surface area contributed by atoms with E-state index in [4.69, 9.17) is 5.11 Å². The fourth-order valence-electron chi connectivity index (χ4n) is 1.71. The summed E-state index contributed by atoms with van der Waals surface area (Å²) in [6.45, 7) is 0. The lowest BCUT2D eigenvalue weighted by Gasteiger charge is -2.00. The quantitative estimate of drug-likeness (QED) is 0.623. The molecule has 1 N–H and O–H groups in total. The maximum atomic E-state index is 11.7. The Morgan fingerprint density at radius 1 is 0.875 bits per heavy atom. The van der Waals surface area contributed by atoms with Crippen LogP contribution >= 0.6 is 31.9 Å². The van der Waals surface area contributed by atoms with E-state index in [1.165, 1.54) is 10.9 Å². The number of carbonyl (C=O) groups is 2. The smallest absolute Gasteiger partial charge is 0.335 e. The molecule has 5 nitrogen and oxygen atoms in total. The Balaban J connectivity index is 0.000000185. The van der Waals surface area contributed by atoms with Gasteiger partial charge in [0.1, 0.15) is 6.33 Å². The number of nitrogens with zero attached hydrogens (tertiary/aromatic N) is 2. The molecule has 3 aromatic rings. The molecule has 0 spiro atoms. The lowest BCUT2D eigenvalue weighted by Crippen LogP contribution is -2.09. The standard InChI is InChI=1S/C10H7BrN2O.C7H5BrO2/c11-9-3-1-8(2-4-9)10(14)13-6-5-12-7-13;8-6-3-1-5(2-4-6)7(9)10/h1-7H;1-4H,(H,9,10). The number of benzene rings is 2. The number of aromatic nitrogens is 2. The van der Waals surface area contributed by atoms with Crippen LogP contribution in [0.5, 0.6) is 0 Å². The molecule has 0 aliphatic rings. The van der Waals surface area contributed by atoms with Crippen LogP contribution in [-0.4, -0.2) is 26.5 Å². The van der Waals surface area contributed by atoms with Gasteiger partial charge in [-0.15, -0.1) is 0 Å². The number of carboxylic acids is 1. The molecule has 24 heavy (non-hydrogen) atoms. The Kier molecular flexibility index (Phi) is 6.45. The van der Waals surface area contributed by atoms with Gasteiger partial charge in [0, 0.05) is 26.9 Å². The minimum atomic E-state index is -0.896. The second-order valence-corrected chi connectivity index (χ2v) is 6.43. The molecule has 0 fully saturated rings. The van der Waals surface area contributed by atoms with E-state index in [9.17, 15) is 9.59 Å². The van der Waals surface area contributed by atoms with Crippen molar-refractivity contribution >= 4 is 43.7 Å². The van der Waals surface area contributed by atoms with Gasteiger partial charge in [0.15, 0.2) is 0 Å². The molecule has 122 valence electrons. The zero-order chi connectivity index (χ0) is 17.5. The van der Waals surface area contributed by atoms with Crippen molar-refractivity contribution in [2.24, 2.45) is 0 Å². The van der Waals surface area contributed by atoms with Crippen molar-refractivity contribution in [1.29, 1.82) is 0 Å². The highest BCUT2D eigenvalue weighted by molar-refractivity contribution is 9.10. The van der Waals surface area contributed by atoms with Crippen molar-refractivity contribution < 1.29 is 14.7 Å².